The second kappa shape index (κ2) is 12.2. The summed E-state index contributed by atoms with van der Waals surface area (Å²) in [5.74, 6) is 1.17. The fourth-order valence-electron chi connectivity index (χ4n) is 3.06. The monoisotopic (exact) mass is 408 g/mol. The van der Waals surface area contributed by atoms with Gasteiger partial charge in [0.05, 0.1) is 23.4 Å². The maximum Gasteiger partial charge on any atom is 0.0681 e. The van der Waals surface area contributed by atoms with E-state index in [1.165, 1.54) is 32.9 Å². The quantitative estimate of drug-likeness (QED) is 0.345. The van der Waals surface area contributed by atoms with Crippen LogP contribution in [0.2, 0.25) is 0 Å². The van der Waals surface area contributed by atoms with Crippen LogP contribution < -0.4 is 0 Å². The molecule has 0 aliphatic heterocycles. The van der Waals surface area contributed by atoms with Gasteiger partial charge < -0.3 is 0 Å². The van der Waals surface area contributed by atoms with Gasteiger partial charge in [-0.1, -0.05) is 73.6 Å². The lowest BCUT2D eigenvalue weighted by molar-refractivity contribution is 0.794. The summed E-state index contributed by atoms with van der Waals surface area (Å²) in [5.41, 5.74) is 5.16. The molecule has 2 heterocycles. The van der Waals surface area contributed by atoms with Gasteiger partial charge in [0.15, 0.2) is 0 Å². The molecule has 0 saturated heterocycles. The first-order valence-corrected chi connectivity index (χ1v) is 11.2. The molecular formula is C26H40N4. The zero-order valence-corrected chi connectivity index (χ0v) is 20.6. The van der Waals surface area contributed by atoms with Crippen LogP contribution in [-0.2, 0) is 14.1 Å². The molecule has 2 aromatic heterocycles. The van der Waals surface area contributed by atoms with Crippen LogP contribution in [0.5, 0.6) is 0 Å². The van der Waals surface area contributed by atoms with E-state index in [9.17, 15) is 0 Å². The van der Waals surface area contributed by atoms with Crippen molar-refractivity contribution >= 4 is 21.8 Å². The second-order valence-electron chi connectivity index (χ2n) is 7.48. The molecular weight excluding hydrogens is 368 g/mol. The highest BCUT2D eigenvalue weighted by Crippen LogP contribution is 2.21. The van der Waals surface area contributed by atoms with Gasteiger partial charge in [-0.05, 0) is 41.2 Å². The lowest BCUT2D eigenvalue weighted by atomic mass is 10.0. The molecule has 4 aromatic rings. The summed E-state index contributed by atoms with van der Waals surface area (Å²) in [6, 6.07) is 13.1. The zero-order chi connectivity index (χ0) is 22.8. The molecule has 0 aliphatic rings. The lowest BCUT2D eigenvalue weighted by Crippen LogP contribution is -1.91. The highest BCUT2D eigenvalue weighted by Gasteiger charge is 2.04. The first-order chi connectivity index (χ1) is 14.4. The third-order valence-corrected chi connectivity index (χ3v) is 4.88. The van der Waals surface area contributed by atoms with Crippen LogP contribution in [-0.4, -0.2) is 19.6 Å². The van der Waals surface area contributed by atoms with Crippen molar-refractivity contribution in [3.05, 3.63) is 59.9 Å². The molecule has 0 atom stereocenters. The number of hydrogen-bond donors (Lipinski definition) is 0. The standard InChI is InChI=1S/2C11H14N2.2C2H6/c1-8(2)9-4-5-11-10(6-9)7-12-13(11)3;1-8(2)9-4-5-10-7-12-13(3)11(10)6-9;2*1-2/h2*4-8H,1-3H3;2*1-2H3. The van der Waals surface area contributed by atoms with E-state index in [1.807, 2.05) is 63.5 Å². The average molecular weight is 409 g/mol. The van der Waals surface area contributed by atoms with Crippen LogP contribution in [0.1, 0.15) is 78.4 Å². The van der Waals surface area contributed by atoms with Gasteiger partial charge in [0, 0.05) is 24.9 Å². The van der Waals surface area contributed by atoms with Crippen LogP contribution in [0, 0.1) is 0 Å². The smallest absolute Gasteiger partial charge is 0.0681 e. The highest BCUT2D eigenvalue weighted by molar-refractivity contribution is 5.80. The number of aryl methyl sites for hydroxylation is 2. The van der Waals surface area contributed by atoms with Crippen LogP contribution >= 0.6 is 0 Å². The number of rotatable bonds is 2. The number of benzene rings is 2. The van der Waals surface area contributed by atoms with E-state index < -0.39 is 0 Å². The van der Waals surface area contributed by atoms with E-state index >= 15 is 0 Å². The molecule has 4 heteroatoms. The van der Waals surface area contributed by atoms with Crippen molar-refractivity contribution in [3.8, 4) is 0 Å². The van der Waals surface area contributed by atoms with Crippen LogP contribution in [0.15, 0.2) is 48.8 Å². The molecule has 4 nitrogen and oxygen atoms in total. The SMILES string of the molecule is CC.CC.CC(C)c1ccc2c(cnn2C)c1.CC(C)c1ccc2cnn(C)c2c1. The molecule has 0 radical (unpaired) electrons. The number of hydrogen-bond acceptors (Lipinski definition) is 2. The van der Waals surface area contributed by atoms with Crippen LogP contribution in [0.4, 0.5) is 0 Å². The largest absolute Gasteiger partial charge is 0.268 e. The molecule has 164 valence electrons. The molecule has 30 heavy (non-hydrogen) atoms. The molecule has 2 aromatic carbocycles. The minimum Gasteiger partial charge on any atom is -0.268 e. The molecule has 4 rings (SSSR count). The van der Waals surface area contributed by atoms with Gasteiger partial charge in [-0.15, -0.1) is 0 Å². The summed E-state index contributed by atoms with van der Waals surface area (Å²) >= 11 is 0. The van der Waals surface area contributed by atoms with Crippen molar-refractivity contribution in [2.75, 3.05) is 0 Å². The molecule has 0 bridgehead atoms. The molecule has 0 N–H and O–H groups in total. The van der Waals surface area contributed by atoms with E-state index in [2.05, 4.69) is 74.3 Å². The third kappa shape index (κ3) is 6.19. The lowest BCUT2D eigenvalue weighted by Gasteiger charge is -2.04. The highest BCUT2D eigenvalue weighted by atomic mass is 15.3. The van der Waals surface area contributed by atoms with Gasteiger partial charge in [-0.2, -0.15) is 10.2 Å². The number of aromatic nitrogens is 4. The average Bonchev–Trinajstić information content (AvgIpc) is 3.33. The first kappa shape index (κ1) is 25.4. The Hall–Kier alpha value is -2.62. The summed E-state index contributed by atoms with van der Waals surface area (Å²) in [7, 11) is 3.95. The molecule has 0 fully saturated rings. The van der Waals surface area contributed by atoms with Crippen LogP contribution in [0.25, 0.3) is 21.8 Å². The van der Waals surface area contributed by atoms with Gasteiger partial charge >= 0.3 is 0 Å². The molecule has 0 aliphatic carbocycles. The maximum absolute atomic E-state index is 4.21. The molecule has 0 spiro atoms. The Morgan fingerprint density at radius 1 is 0.600 bits per heavy atom. The zero-order valence-electron chi connectivity index (χ0n) is 20.6. The van der Waals surface area contributed by atoms with Crippen molar-refractivity contribution in [3.63, 3.8) is 0 Å². The fourth-order valence-corrected chi connectivity index (χ4v) is 3.06. The van der Waals surface area contributed by atoms with E-state index in [0.29, 0.717) is 11.8 Å². The second-order valence-corrected chi connectivity index (χ2v) is 7.48. The van der Waals surface area contributed by atoms with E-state index in [-0.39, 0.29) is 0 Å². The molecule has 0 amide bonds. The van der Waals surface area contributed by atoms with Gasteiger partial charge in [0.25, 0.3) is 0 Å². The van der Waals surface area contributed by atoms with Gasteiger partial charge in [-0.3, -0.25) is 9.36 Å². The Morgan fingerprint density at radius 3 is 1.63 bits per heavy atom. The van der Waals surface area contributed by atoms with Gasteiger partial charge in [0.2, 0.25) is 0 Å². The normalized spacial score (nSPS) is 10.3. The summed E-state index contributed by atoms with van der Waals surface area (Å²) < 4.78 is 3.82. The van der Waals surface area contributed by atoms with Crippen LogP contribution in [0.3, 0.4) is 0 Å². The van der Waals surface area contributed by atoms with Crippen molar-refractivity contribution < 1.29 is 0 Å². The Kier molecular flexibility index (Phi) is 10.3. The fraction of sp³-hybridized carbons (Fsp3) is 0.462. The molecule has 0 unspecified atom stereocenters. The van der Waals surface area contributed by atoms with Gasteiger partial charge in [0.1, 0.15) is 0 Å². The predicted molar refractivity (Wildman–Crippen MR) is 132 cm³/mol. The number of nitrogens with zero attached hydrogens (tertiary/aromatic N) is 4. The summed E-state index contributed by atoms with van der Waals surface area (Å²) in [6.07, 6.45) is 3.82. The third-order valence-electron chi connectivity index (χ3n) is 4.88. The van der Waals surface area contributed by atoms with Crippen molar-refractivity contribution in [1.29, 1.82) is 0 Å². The minimum atomic E-state index is 0.583. The van der Waals surface area contributed by atoms with E-state index in [4.69, 9.17) is 0 Å². The van der Waals surface area contributed by atoms with Gasteiger partial charge in [-0.25, -0.2) is 0 Å². The van der Waals surface area contributed by atoms with Crippen molar-refractivity contribution in [2.45, 2.75) is 67.2 Å². The van der Waals surface area contributed by atoms with E-state index in [1.54, 1.807) is 0 Å². The van der Waals surface area contributed by atoms with Crippen molar-refractivity contribution in [2.24, 2.45) is 14.1 Å². The first-order valence-electron chi connectivity index (χ1n) is 11.2. The number of fused-ring (bicyclic) bond motifs is 2. The Labute approximate surface area is 182 Å². The van der Waals surface area contributed by atoms with E-state index in [0.717, 1.165) is 0 Å². The minimum absolute atomic E-state index is 0.583. The predicted octanol–water partition coefficient (Wildman–Crippen LogP) is 7.45. The Balaban J connectivity index is 0.000000258. The summed E-state index contributed by atoms with van der Waals surface area (Å²) in [5, 5.41) is 10.9. The summed E-state index contributed by atoms with van der Waals surface area (Å²) in [6.45, 7) is 16.8. The van der Waals surface area contributed by atoms with Crippen molar-refractivity contribution in [1.82, 2.24) is 19.6 Å². The summed E-state index contributed by atoms with van der Waals surface area (Å²) in [4.78, 5) is 0. The molecule has 0 saturated carbocycles. The Bertz CT molecular complexity index is 1020. The Morgan fingerprint density at radius 2 is 1.07 bits per heavy atom. The maximum atomic E-state index is 4.21. The topological polar surface area (TPSA) is 35.6 Å².